The third kappa shape index (κ3) is 2.40. The summed E-state index contributed by atoms with van der Waals surface area (Å²) in [6, 6.07) is 8.52. The van der Waals surface area contributed by atoms with Crippen molar-refractivity contribution in [2.24, 2.45) is 0 Å². The number of carbonyl (C=O) groups excluding carboxylic acids is 1. The minimum Gasteiger partial charge on any atom is -0.459 e. The van der Waals surface area contributed by atoms with Crippen molar-refractivity contribution < 1.29 is 19.7 Å². The smallest absolute Gasteiger partial charge is 0.241 e. The molecule has 4 heteroatoms. The molecule has 2 atom stereocenters. The van der Waals surface area contributed by atoms with Gasteiger partial charge in [0, 0.05) is 6.92 Å². The molecule has 0 fully saturated rings. The van der Waals surface area contributed by atoms with Crippen molar-refractivity contribution >= 4 is 5.78 Å². The maximum absolute atomic E-state index is 11.2. The molecule has 0 spiro atoms. The third-order valence-electron chi connectivity index (χ3n) is 2.65. The molecule has 0 aliphatic heterocycles. The average Bonchev–Trinajstić information content (AvgIpc) is 2.18. The highest BCUT2D eigenvalue weighted by Gasteiger charge is 2.48. The van der Waals surface area contributed by atoms with Gasteiger partial charge in [-0.05, 0) is 26.0 Å². The van der Waals surface area contributed by atoms with Crippen LogP contribution in [0.3, 0.4) is 0 Å². The molecule has 0 aliphatic rings. The topological polar surface area (TPSA) is 66.8 Å². The summed E-state index contributed by atoms with van der Waals surface area (Å²) in [5.74, 6) is -2.15. The summed E-state index contributed by atoms with van der Waals surface area (Å²) < 4.78 is 5.21. The largest absolute Gasteiger partial charge is 0.459 e. The monoisotopic (exact) mass is 224 g/mol. The Morgan fingerprint density at radius 2 is 1.69 bits per heavy atom. The molecule has 1 aromatic carbocycles. The minimum absolute atomic E-state index is 0.383. The lowest BCUT2D eigenvalue weighted by Gasteiger charge is -2.36. The number of hydrogen-bond donors (Lipinski definition) is 2. The van der Waals surface area contributed by atoms with Crippen LogP contribution in [0.25, 0.3) is 0 Å². The molecule has 4 nitrogen and oxygen atoms in total. The minimum atomic E-state index is -1.97. The van der Waals surface area contributed by atoms with Crippen LogP contribution in [-0.4, -0.2) is 27.4 Å². The van der Waals surface area contributed by atoms with Gasteiger partial charge in [-0.2, -0.15) is 0 Å². The van der Waals surface area contributed by atoms with E-state index in [1.54, 1.807) is 30.3 Å². The number of rotatable bonds is 4. The Morgan fingerprint density at radius 3 is 2.12 bits per heavy atom. The van der Waals surface area contributed by atoms with Crippen LogP contribution >= 0.6 is 0 Å². The van der Waals surface area contributed by atoms with Crippen molar-refractivity contribution in [3.8, 4) is 5.75 Å². The highest BCUT2D eigenvalue weighted by atomic mass is 16.6. The molecule has 1 aromatic rings. The number of ether oxygens (including phenoxy) is 1. The van der Waals surface area contributed by atoms with E-state index in [0.29, 0.717) is 5.75 Å². The van der Waals surface area contributed by atoms with Crippen LogP contribution in [0.15, 0.2) is 30.3 Å². The first kappa shape index (κ1) is 12.7. The molecule has 0 aliphatic carbocycles. The number of carbonyl (C=O) groups is 1. The highest BCUT2D eigenvalue weighted by molar-refractivity contribution is 5.85. The van der Waals surface area contributed by atoms with Crippen molar-refractivity contribution in [2.45, 2.75) is 32.2 Å². The zero-order valence-corrected chi connectivity index (χ0v) is 9.60. The maximum atomic E-state index is 11.2. The summed E-state index contributed by atoms with van der Waals surface area (Å²) in [5, 5.41) is 19.8. The molecule has 0 saturated carbocycles. The van der Waals surface area contributed by atoms with Crippen LogP contribution in [0, 0.1) is 0 Å². The lowest BCUT2D eigenvalue weighted by Crippen LogP contribution is -2.58. The number of aliphatic hydroxyl groups is 2. The molecular formula is C12H16O4. The summed E-state index contributed by atoms with van der Waals surface area (Å²) >= 11 is 0. The molecule has 1 rings (SSSR count). The summed E-state index contributed by atoms with van der Waals surface area (Å²) in [6.45, 7) is 3.67. The van der Waals surface area contributed by atoms with E-state index >= 15 is 0 Å². The van der Waals surface area contributed by atoms with Gasteiger partial charge < -0.3 is 14.9 Å². The zero-order valence-electron chi connectivity index (χ0n) is 9.60. The standard InChI is InChI=1S/C12H16O4/c1-9(13)11(2,14)12(3,15)16-10-7-5-4-6-8-10/h4-8,14-15H,1-3H3/t11-,12+/m0/s1. The highest BCUT2D eigenvalue weighted by Crippen LogP contribution is 2.26. The van der Waals surface area contributed by atoms with Gasteiger partial charge in [-0.1, -0.05) is 18.2 Å². The van der Waals surface area contributed by atoms with Crippen LogP contribution in [0.4, 0.5) is 0 Å². The molecule has 0 unspecified atom stereocenters. The Labute approximate surface area is 94.5 Å². The van der Waals surface area contributed by atoms with Crippen molar-refractivity contribution in [2.75, 3.05) is 0 Å². The fourth-order valence-corrected chi connectivity index (χ4v) is 1.14. The van der Waals surface area contributed by atoms with E-state index in [0.717, 1.165) is 0 Å². The second-order valence-corrected chi connectivity index (χ2v) is 4.03. The lowest BCUT2D eigenvalue weighted by atomic mass is 9.92. The summed E-state index contributed by atoms with van der Waals surface area (Å²) in [4.78, 5) is 11.2. The van der Waals surface area contributed by atoms with E-state index in [1.807, 2.05) is 0 Å². The Morgan fingerprint density at radius 1 is 1.19 bits per heavy atom. The molecule has 0 aromatic heterocycles. The van der Waals surface area contributed by atoms with Gasteiger partial charge >= 0.3 is 0 Å². The fraction of sp³-hybridized carbons (Fsp3) is 0.417. The van der Waals surface area contributed by atoms with Crippen molar-refractivity contribution in [1.29, 1.82) is 0 Å². The van der Waals surface area contributed by atoms with E-state index < -0.39 is 17.2 Å². The van der Waals surface area contributed by atoms with E-state index in [9.17, 15) is 15.0 Å². The van der Waals surface area contributed by atoms with Gasteiger partial charge in [0.1, 0.15) is 5.75 Å². The number of hydrogen-bond acceptors (Lipinski definition) is 4. The average molecular weight is 224 g/mol. The number of benzene rings is 1. The molecule has 0 bridgehead atoms. The van der Waals surface area contributed by atoms with Gasteiger partial charge in [-0.3, -0.25) is 4.79 Å². The van der Waals surface area contributed by atoms with Gasteiger partial charge in [0.25, 0.3) is 0 Å². The Bertz CT molecular complexity index is 368. The Balaban J connectivity index is 2.92. The van der Waals surface area contributed by atoms with Crippen LogP contribution < -0.4 is 4.74 Å². The molecule has 2 N–H and O–H groups in total. The first-order valence-electron chi connectivity index (χ1n) is 4.97. The first-order valence-corrected chi connectivity index (χ1v) is 4.97. The van der Waals surface area contributed by atoms with E-state index in [2.05, 4.69) is 0 Å². The molecule has 0 heterocycles. The summed E-state index contributed by atoms with van der Waals surface area (Å²) in [7, 11) is 0. The second kappa shape index (κ2) is 4.23. The normalized spacial score (nSPS) is 18.3. The quantitative estimate of drug-likeness (QED) is 0.752. The van der Waals surface area contributed by atoms with Gasteiger partial charge in [0.15, 0.2) is 11.4 Å². The van der Waals surface area contributed by atoms with Crippen molar-refractivity contribution in [3.63, 3.8) is 0 Å². The number of para-hydroxylation sites is 1. The van der Waals surface area contributed by atoms with Gasteiger partial charge in [0.05, 0.1) is 0 Å². The van der Waals surface area contributed by atoms with Crippen LogP contribution in [0.1, 0.15) is 20.8 Å². The van der Waals surface area contributed by atoms with Crippen LogP contribution in [0.5, 0.6) is 5.75 Å². The third-order valence-corrected chi connectivity index (χ3v) is 2.65. The molecule has 16 heavy (non-hydrogen) atoms. The van der Waals surface area contributed by atoms with Crippen LogP contribution in [0.2, 0.25) is 0 Å². The summed E-state index contributed by atoms with van der Waals surface area (Å²) in [6.07, 6.45) is 0. The molecule has 0 amide bonds. The lowest BCUT2D eigenvalue weighted by molar-refractivity contribution is -0.232. The Hall–Kier alpha value is -1.39. The number of Topliss-reactive ketones (excluding diaryl/α,β-unsaturated/α-hetero) is 1. The predicted octanol–water partition coefficient (Wildman–Crippen LogP) is 1.11. The van der Waals surface area contributed by atoms with Crippen molar-refractivity contribution in [3.05, 3.63) is 30.3 Å². The van der Waals surface area contributed by atoms with Gasteiger partial charge in [-0.15, -0.1) is 0 Å². The molecule has 0 saturated heterocycles. The molecule has 88 valence electrons. The van der Waals surface area contributed by atoms with Gasteiger partial charge in [0.2, 0.25) is 5.79 Å². The SMILES string of the molecule is CC(=O)[C@](C)(O)[C@](C)(O)Oc1ccccc1. The van der Waals surface area contributed by atoms with E-state index in [-0.39, 0.29) is 0 Å². The number of ketones is 1. The van der Waals surface area contributed by atoms with E-state index in [4.69, 9.17) is 4.74 Å². The van der Waals surface area contributed by atoms with E-state index in [1.165, 1.54) is 20.8 Å². The first-order chi connectivity index (χ1) is 7.27. The van der Waals surface area contributed by atoms with Crippen molar-refractivity contribution in [1.82, 2.24) is 0 Å². The predicted molar refractivity (Wildman–Crippen MR) is 59.0 cm³/mol. The Kier molecular flexibility index (Phi) is 3.35. The summed E-state index contributed by atoms with van der Waals surface area (Å²) in [5.41, 5.74) is -1.96. The maximum Gasteiger partial charge on any atom is 0.241 e. The molecular weight excluding hydrogens is 208 g/mol. The van der Waals surface area contributed by atoms with Crippen LogP contribution in [-0.2, 0) is 4.79 Å². The molecule has 0 radical (unpaired) electrons. The second-order valence-electron chi connectivity index (χ2n) is 4.03. The fourth-order valence-electron chi connectivity index (χ4n) is 1.14. The zero-order chi connectivity index (χ0) is 12.4. The van der Waals surface area contributed by atoms with Gasteiger partial charge in [-0.25, -0.2) is 0 Å².